The third-order valence-electron chi connectivity index (χ3n) is 4.37. The second-order valence-corrected chi connectivity index (χ2v) is 6.33. The number of nitrogens with zero attached hydrogens (tertiary/aromatic N) is 2. The number of hydrogen-bond acceptors (Lipinski definition) is 3. The first kappa shape index (κ1) is 16.6. The standard InChI is InChI=1S/C19H22FN3O/c1-14-8-9-15(11-21-14)19(24)22-17-6-4-10-23(13-17)12-16-5-2-3-7-18(16)20/h2-3,5,7-9,11,17H,4,6,10,12-13H2,1H3,(H,22,24). The Kier molecular flexibility index (Phi) is 5.20. The molecule has 1 aromatic heterocycles. The molecule has 1 aromatic carbocycles. The van der Waals surface area contributed by atoms with Crippen LogP contribution in [-0.2, 0) is 6.54 Å². The van der Waals surface area contributed by atoms with Gasteiger partial charge in [0.1, 0.15) is 5.82 Å². The molecule has 126 valence electrons. The summed E-state index contributed by atoms with van der Waals surface area (Å²) in [7, 11) is 0. The number of hydrogen-bond donors (Lipinski definition) is 1. The first-order chi connectivity index (χ1) is 11.6. The number of amides is 1. The van der Waals surface area contributed by atoms with Gasteiger partial charge in [0.2, 0.25) is 0 Å². The Hall–Kier alpha value is -2.27. The van der Waals surface area contributed by atoms with Crippen molar-refractivity contribution in [2.45, 2.75) is 32.4 Å². The maximum atomic E-state index is 13.8. The van der Waals surface area contributed by atoms with Crippen LogP contribution in [-0.4, -0.2) is 34.9 Å². The van der Waals surface area contributed by atoms with Crippen molar-refractivity contribution < 1.29 is 9.18 Å². The molecule has 1 atom stereocenters. The van der Waals surface area contributed by atoms with Crippen molar-refractivity contribution in [1.29, 1.82) is 0 Å². The van der Waals surface area contributed by atoms with Crippen molar-refractivity contribution in [3.05, 3.63) is 65.2 Å². The third-order valence-corrected chi connectivity index (χ3v) is 4.37. The zero-order chi connectivity index (χ0) is 16.9. The van der Waals surface area contributed by atoms with Crippen molar-refractivity contribution in [2.75, 3.05) is 13.1 Å². The zero-order valence-corrected chi connectivity index (χ0v) is 13.8. The van der Waals surface area contributed by atoms with Gasteiger partial charge in [0, 0.05) is 36.6 Å². The molecule has 3 rings (SSSR count). The highest BCUT2D eigenvalue weighted by Crippen LogP contribution is 2.16. The minimum atomic E-state index is -0.172. The average molecular weight is 327 g/mol. The summed E-state index contributed by atoms with van der Waals surface area (Å²) in [5.41, 5.74) is 2.17. The molecular formula is C19H22FN3O. The highest BCUT2D eigenvalue weighted by molar-refractivity contribution is 5.94. The fourth-order valence-electron chi connectivity index (χ4n) is 3.06. The fourth-order valence-corrected chi connectivity index (χ4v) is 3.06. The molecule has 4 nitrogen and oxygen atoms in total. The van der Waals surface area contributed by atoms with Gasteiger partial charge in [0.15, 0.2) is 0 Å². The molecule has 0 bridgehead atoms. The van der Waals surface area contributed by atoms with Crippen LogP contribution in [0.4, 0.5) is 4.39 Å². The van der Waals surface area contributed by atoms with E-state index in [-0.39, 0.29) is 17.8 Å². The van der Waals surface area contributed by atoms with E-state index >= 15 is 0 Å². The van der Waals surface area contributed by atoms with E-state index in [1.807, 2.05) is 25.1 Å². The molecular weight excluding hydrogens is 305 g/mol. The van der Waals surface area contributed by atoms with E-state index in [4.69, 9.17) is 0 Å². The summed E-state index contributed by atoms with van der Waals surface area (Å²) in [6.45, 7) is 4.13. The number of piperidine rings is 1. The average Bonchev–Trinajstić information content (AvgIpc) is 2.58. The minimum absolute atomic E-state index is 0.0827. The van der Waals surface area contributed by atoms with E-state index in [1.165, 1.54) is 6.07 Å². The number of pyridine rings is 1. The summed E-state index contributed by atoms with van der Waals surface area (Å²) in [4.78, 5) is 18.7. The van der Waals surface area contributed by atoms with Crippen LogP contribution in [0.5, 0.6) is 0 Å². The smallest absolute Gasteiger partial charge is 0.253 e. The van der Waals surface area contributed by atoms with Crippen LogP contribution in [0.1, 0.15) is 34.5 Å². The lowest BCUT2D eigenvalue weighted by Gasteiger charge is -2.33. The van der Waals surface area contributed by atoms with Crippen molar-refractivity contribution in [3.8, 4) is 0 Å². The van der Waals surface area contributed by atoms with Gasteiger partial charge in [-0.3, -0.25) is 14.7 Å². The summed E-state index contributed by atoms with van der Waals surface area (Å²) < 4.78 is 13.8. The Balaban J connectivity index is 1.58. The van der Waals surface area contributed by atoms with Crippen LogP contribution >= 0.6 is 0 Å². The molecule has 2 heterocycles. The quantitative estimate of drug-likeness (QED) is 0.939. The van der Waals surface area contributed by atoms with Gasteiger partial charge in [-0.2, -0.15) is 0 Å². The van der Waals surface area contributed by atoms with Gasteiger partial charge in [-0.1, -0.05) is 18.2 Å². The molecule has 1 unspecified atom stereocenters. The fraction of sp³-hybridized carbons (Fsp3) is 0.368. The number of nitrogens with one attached hydrogen (secondary N) is 1. The molecule has 1 N–H and O–H groups in total. The summed E-state index contributed by atoms with van der Waals surface area (Å²) in [5, 5.41) is 3.07. The number of halogens is 1. The second-order valence-electron chi connectivity index (χ2n) is 6.33. The lowest BCUT2D eigenvalue weighted by molar-refractivity contribution is 0.0900. The Morgan fingerprint density at radius 3 is 2.92 bits per heavy atom. The van der Waals surface area contributed by atoms with Crippen molar-refractivity contribution >= 4 is 5.91 Å². The van der Waals surface area contributed by atoms with Crippen LogP contribution in [0.3, 0.4) is 0 Å². The molecule has 1 fully saturated rings. The van der Waals surface area contributed by atoms with Gasteiger partial charge >= 0.3 is 0 Å². The van der Waals surface area contributed by atoms with E-state index in [1.54, 1.807) is 18.3 Å². The van der Waals surface area contributed by atoms with Crippen LogP contribution in [0.2, 0.25) is 0 Å². The Morgan fingerprint density at radius 2 is 2.17 bits per heavy atom. The van der Waals surface area contributed by atoms with Gasteiger partial charge < -0.3 is 5.32 Å². The molecule has 0 spiro atoms. The third kappa shape index (κ3) is 4.17. The lowest BCUT2D eigenvalue weighted by atomic mass is 10.0. The van der Waals surface area contributed by atoms with E-state index in [0.29, 0.717) is 17.7 Å². The van der Waals surface area contributed by atoms with E-state index in [0.717, 1.165) is 31.6 Å². The maximum Gasteiger partial charge on any atom is 0.253 e. The molecule has 5 heteroatoms. The number of carbonyl (C=O) groups excluding carboxylic acids is 1. The topological polar surface area (TPSA) is 45.2 Å². The predicted molar refractivity (Wildman–Crippen MR) is 91.1 cm³/mol. The first-order valence-corrected chi connectivity index (χ1v) is 8.31. The summed E-state index contributed by atoms with van der Waals surface area (Å²) in [6.07, 6.45) is 3.54. The number of benzene rings is 1. The van der Waals surface area contributed by atoms with Crippen LogP contribution in [0, 0.1) is 12.7 Å². The van der Waals surface area contributed by atoms with Gasteiger partial charge in [-0.05, 0) is 44.5 Å². The zero-order valence-electron chi connectivity index (χ0n) is 13.8. The molecule has 1 amide bonds. The van der Waals surface area contributed by atoms with Crippen molar-refractivity contribution in [3.63, 3.8) is 0 Å². The maximum absolute atomic E-state index is 13.8. The molecule has 2 aromatic rings. The number of carbonyl (C=O) groups is 1. The van der Waals surface area contributed by atoms with Crippen LogP contribution in [0.15, 0.2) is 42.6 Å². The van der Waals surface area contributed by atoms with Gasteiger partial charge in [0.25, 0.3) is 5.91 Å². The molecule has 24 heavy (non-hydrogen) atoms. The Labute approximate surface area is 141 Å². The van der Waals surface area contributed by atoms with Gasteiger partial charge in [-0.15, -0.1) is 0 Å². The van der Waals surface area contributed by atoms with Crippen molar-refractivity contribution in [2.24, 2.45) is 0 Å². The summed E-state index contributed by atoms with van der Waals surface area (Å²) in [5.74, 6) is -0.269. The van der Waals surface area contributed by atoms with E-state index in [2.05, 4.69) is 15.2 Å². The normalized spacial score (nSPS) is 18.3. The lowest BCUT2D eigenvalue weighted by Crippen LogP contribution is -2.47. The highest BCUT2D eigenvalue weighted by atomic mass is 19.1. The van der Waals surface area contributed by atoms with Crippen LogP contribution < -0.4 is 5.32 Å². The molecule has 0 radical (unpaired) electrons. The summed E-state index contributed by atoms with van der Waals surface area (Å²) in [6, 6.07) is 10.6. The molecule has 1 aliphatic heterocycles. The Morgan fingerprint density at radius 1 is 1.33 bits per heavy atom. The molecule has 0 saturated carbocycles. The minimum Gasteiger partial charge on any atom is -0.348 e. The van der Waals surface area contributed by atoms with E-state index < -0.39 is 0 Å². The Bertz CT molecular complexity index is 702. The number of rotatable bonds is 4. The van der Waals surface area contributed by atoms with E-state index in [9.17, 15) is 9.18 Å². The van der Waals surface area contributed by atoms with Gasteiger partial charge in [0.05, 0.1) is 5.56 Å². The van der Waals surface area contributed by atoms with Crippen molar-refractivity contribution in [1.82, 2.24) is 15.2 Å². The number of aromatic nitrogens is 1. The molecule has 0 aliphatic carbocycles. The largest absolute Gasteiger partial charge is 0.348 e. The number of likely N-dealkylation sites (tertiary alicyclic amines) is 1. The number of aryl methyl sites for hydroxylation is 1. The molecule has 1 saturated heterocycles. The first-order valence-electron chi connectivity index (χ1n) is 8.31. The SMILES string of the molecule is Cc1ccc(C(=O)NC2CCCN(Cc3ccccc3F)C2)cn1. The highest BCUT2D eigenvalue weighted by Gasteiger charge is 2.22. The second kappa shape index (κ2) is 7.53. The van der Waals surface area contributed by atoms with Crippen LogP contribution in [0.25, 0.3) is 0 Å². The molecule has 1 aliphatic rings. The monoisotopic (exact) mass is 327 g/mol. The van der Waals surface area contributed by atoms with Gasteiger partial charge in [-0.25, -0.2) is 4.39 Å². The predicted octanol–water partition coefficient (Wildman–Crippen LogP) is 2.92. The summed E-state index contributed by atoms with van der Waals surface area (Å²) >= 11 is 0.